The number of rotatable bonds is 5. The largest absolute Gasteiger partial charge is 0.477 e. The smallest absolute Gasteiger partial charge is 0.341 e. The molecule has 1 aromatic carbocycles. The summed E-state index contributed by atoms with van der Waals surface area (Å²) < 4.78 is 51.8. The molecule has 18 heavy (non-hydrogen) atoms. The molecule has 0 saturated heterocycles. The Bertz CT molecular complexity index is 574. The zero-order chi connectivity index (χ0) is 13.9. The third-order valence-electron chi connectivity index (χ3n) is 2.00. The number of carbonyl (C=O) groups is 1. The van der Waals surface area contributed by atoms with E-state index in [0.717, 1.165) is 0 Å². The van der Waals surface area contributed by atoms with Crippen molar-refractivity contribution in [2.75, 3.05) is 13.1 Å². The van der Waals surface area contributed by atoms with E-state index in [1.165, 1.54) is 0 Å². The van der Waals surface area contributed by atoms with Crippen LogP contribution in [0, 0.1) is 11.6 Å². The van der Waals surface area contributed by atoms with Crippen molar-refractivity contribution in [2.45, 2.75) is 4.90 Å². The first-order chi connectivity index (χ1) is 8.31. The van der Waals surface area contributed by atoms with Crippen molar-refractivity contribution < 1.29 is 27.1 Å². The average Bonchev–Trinajstić information content (AvgIpc) is 2.25. The van der Waals surface area contributed by atoms with Gasteiger partial charge in [-0.3, -0.25) is 0 Å². The molecule has 100 valence electrons. The molecule has 0 atom stereocenters. The summed E-state index contributed by atoms with van der Waals surface area (Å²) in [5.74, 6) is -4.88. The normalized spacial score (nSPS) is 11.5. The Morgan fingerprint density at radius 1 is 1.39 bits per heavy atom. The van der Waals surface area contributed by atoms with Crippen LogP contribution in [0.2, 0.25) is 0 Å². The van der Waals surface area contributed by atoms with Gasteiger partial charge in [0, 0.05) is 13.1 Å². The van der Waals surface area contributed by atoms with E-state index in [0.29, 0.717) is 12.1 Å². The van der Waals surface area contributed by atoms with E-state index in [2.05, 4.69) is 0 Å². The van der Waals surface area contributed by atoms with Crippen molar-refractivity contribution in [3.05, 3.63) is 29.3 Å². The molecule has 1 rings (SSSR count). The summed E-state index contributed by atoms with van der Waals surface area (Å²) in [6.45, 7) is -0.171. The number of hydrogen-bond donors (Lipinski definition) is 3. The van der Waals surface area contributed by atoms with Gasteiger partial charge in [0.1, 0.15) is 16.3 Å². The number of halogens is 2. The van der Waals surface area contributed by atoms with Gasteiger partial charge in [0.05, 0.1) is 0 Å². The summed E-state index contributed by atoms with van der Waals surface area (Å²) >= 11 is 0. The fourth-order valence-electron chi connectivity index (χ4n) is 1.21. The van der Waals surface area contributed by atoms with Gasteiger partial charge < -0.3 is 10.8 Å². The van der Waals surface area contributed by atoms with E-state index in [-0.39, 0.29) is 13.1 Å². The molecule has 0 heterocycles. The van der Waals surface area contributed by atoms with Crippen molar-refractivity contribution in [1.29, 1.82) is 0 Å². The average molecular weight is 280 g/mol. The van der Waals surface area contributed by atoms with Crippen LogP contribution >= 0.6 is 0 Å². The number of benzene rings is 1. The van der Waals surface area contributed by atoms with E-state index in [4.69, 9.17) is 10.8 Å². The van der Waals surface area contributed by atoms with Crippen LogP contribution in [0.4, 0.5) is 8.78 Å². The first-order valence-corrected chi connectivity index (χ1v) is 6.20. The standard InChI is InChI=1S/C9H10F2N2O4S/c10-5-1-2-6(8(11)7(5)9(14)15)18(16,17)13-4-3-12/h1-2,13H,3-4,12H2,(H,14,15). The second-order valence-electron chi connectivity index (χ2n) is 3.23. The maximum atomic E-state index is 13.6. The molecule has 1 aromatic rings. The third kappa shape index (κ3) is 2.81. The summed E-state index contributed by atoms with van der Waals surface area (Å²) in [6, 6.07) is 1.22. The van der Waals surface area contributed by atoms with Gasteiger partial charge in [0.15, 0.2) is 5.82 Å². The molecule has 0 bridgehead atoms. The summed E-state index contributed by atoms with van der Waals surface area (Å²) in [6.07, 6.45) is 0. The molecule has 0 aliphatic carbocycles. The number of hydrogen-bond acceptors (Lipinski definition) is 4. The molecular weight excluding hydrogens is 270 g/mol. The number of sulfonamides is 1. The minimum absolute atomic E-state index is 0.0200. The Hall–Kier alpha value is -1.58. The number of carboxylic acid groups (broad SMARTS) is 1. The lowest BCUT2D eigenvalue weighted by Gasteiger charge is -2.08. The highest BCUT2D eigenvalue weighted by molar-refractivity contribution is 7.89. The second-order valence-corrected chi connectivity index (χ2v) is 4.96. The molecule has 4 N–H and O–H groups in total. The van der Waals surface area contributed by atoms with E-state index < -0.39 is 38.1 Å². The van der Waals surface area contributed by atoms with Crippen LogP contribution in [0.25, 0.3) is 0 Å². The summed E-state index contributed by atoms with van der Waals surface area (Å²) in [4.78, 5) is 9.69. The Kier molecular flexibility index (Phi) is 4.33. The van der Waals surface area contributed by atoms with Crippen molar-refractivity contribution in [1.82, 2.24) is 4.72 Å². The van der Waals surface area contributed by atoms with Crippen molar-refractivity contribution in [3.63, 3.8) is 0 Å². The predicted octanol–water partition coefficient (Wildman–Crippen LogP) is -0.100. The van der Waals surface area contributed by atoms with Gasteiger partial charge in [-0.05, 0) is 12.1 Å². The van der Waals surface area contributed by atoms with E-state index in [1.807, 2.05) is 4.72 Å². The topological polar surface area (TPSA) is 109 Å². The predicted molar refractivity (Wildman–Crippen MR) is 57.6 cm³/mol. The SMILES string of the molecule is NCCNS(=O)(=O)c1ccc(F)c(C(=O)O)c1F. The van der Waals surface area contributed by atoms with Gasteiger partial charge >= 0.3 is 5.97 Å². The Morgan fingerprint density at radius 2 is 2.00 bits per heavy atom. The second kappa shape index (κ2) is 5.38. The molecule has 0 spiro atoms. The van der Waals surface area contributed by atoms with Crippen LogP contribution in [-0.2, 0) is 10.0 Å². The highest BCUT2D eigenvalue weighted by atomic mass is 32.2. The summed E-state index contributed by atoms with van der Waals surface area (Å²) in [7, 11) is -4.26. The molecule has 0 saturated carbocycles. The van der Waals surface area contributed by atoms with Crippen LogP contribution in [0.1, 0.15) is 10.4 Å². The Balaban J connectivity index is 3.36. The van der Waals surface area contributed by atoms with Crippen LogP contribution in [-0.4, -0.2) is 32.6 Å². The quantitative estimate of drug-likeness (QED) is 0.697. The first kappa shape index (κ1) is 14.5. The molecule has 0 aromatic heterocycles. The highest BCUT2D eigenvalue weighted by Gasteiger charge is 2.26. The van der Waals surface area contributed by atoms with Gasteiger partial charge in [-0.25, -0.2) is 26.7 Å². The molecule has 6 nitrogen and oxygen atoms in total. The number of nitrogens with two attached hydrogens (primary N) is 1. The van der Waals surface area contributed by atoms with Gasteiger partial charge in [-0.15, -0.1) is 0 Å². The van der Waals surface area contributed by atoms with Gasteiger partial charge in [0.25, 0.3) is 0 Å². The van der Waals surface area contributed by atoms with E-state index in [1.54, 1.807) is 0 Å². The number of aromatic carboxylic acids is 1. The molecule has 0 amide bonds. The van der Waals surface area contributed by atoms with Crippen LogP contribution in [0.3, 0.4) is 0 Å². The van der Waals surface area contributed by atoms with E-state index in [9.17, 15) is 22.0 Å². The Labute approximate surface area is 101 Å². The van der Waals surface area contributed by atoms with Crippen LogP contribution < -0.4 is 10.5 Å². The maximum absolute atomic E-state index is 13.6. The highest BCUT2D eigenvalue weighted by Crippen LogP contribution is 2.20. The molecular formula is C9H10F2N2O4S. The first-order valence-electron chi connectivity index (χ1n) is 4.72. The zero-order valence-corrected chi connectivity index (χ0v) is 9.80. The molecule has 0 aliphatic rings. The maximum Gasteiger partial charge on any atom is 0.341 e. The lowest BCUT2D eigenvalue weighted by molar-refractivity contribution is 0.0685. The lowest BCUT2D eigenvalue weighted by Crippen LogP contribution is -2.30. The number of carboxylic acids is 1. The van der Waals surface area contributed by atoms with Crippen molar-refractivity contribution in [3.8, 4) is 0 Å². The van der Waals surface area contributed by atoms with Gasteiger partial charge in [0.2, 0.25) is 10.0 Å². The monoisotopic (exact) mass is 280 g/mol. The minimum Gasteiger partial charge on any atom is -0.477 e. The molecule has 0 unspecified atom stereocenters. The molecule has 0 radical (unpaired) electrons. The lowest BCUT2D eigenvalue weighted by atomic mass is 10.2. The van der Waals surface area contributed by atoms with Crippen molar-refractivity contribution >= 4 is 16.0 Å². The minimum atomic E-state index is -4.26. The fraction of sp³-hybridized carbons (Fsp3) is 0.222. The van der Waals surface area contributed by atoms with Crippen LogP contribution in [0.5, 0.6) is 0 Å². The summed E-state index contributed by atoms with van der Waals surface area (Å²) in [5, 5.41) is 8.60. The molecule has 9 heteroatoms. The fourth-order valence-corrected chi connectivity index (χ4v) is 2.34. The zero-order valence-electron chi connectivity index (χ0n) is 8.98. The van der Waals surface area contributed by atoms with Gasteiger partial charge in [-0.2, -0.15) is 0 Å². The number of nitrogens with one attached hydrogen (secondary N) is 1. The Morgan fingerprint density at radius 3 is 2.50 bits per heavy atom. The van der Waals surface area contributed by atoms with Crippen LogP contribution in [0.15, 0.2) is 17.0 Å². The van der Waals surface area contributed by atoms with E-state index >= 15 is 0 Å². The summed E-state index contributed by atoms with van der Waals surface area (Å²) in [5.41, 5.74) is 3.77. The van der Waals surface area contributed by atoms with Gasteiger partial charge in [-0.1, -0.05) is 0 Å². The third-order valence-corrected chi connectivity index (χ3v) is 3.47. The molecule has 0 aliphatic heterocycles. The van der Waals surface area contributed by atoms with Crippen molar-refractivity contribution in [2.24, 2.45) is 5.73 Å². The molecule has 0 fully saturated rings.